The van der Waals surface area contributed by atoms with E-state index in [1.165, 1.54) is 0 Å². The number of ether oxygens (including phenoxy) is 1. The molecule has 0 amide bonds. The van der Waals surface area contributed by atoms with Gasteiger partial charge in [0.2, 0.25) is 0 Å². The molecule has 2 nitrogen and oxygen atoms in total. The summed E-state index contributed by atoms with van der Waals surface area (Å²) in [5, 5.41) is 0. The van der Waals surface area contributed by atoms with E-state index < -0.39 is 0 Å². The first-order chi connectivity index (χ1) is 3.81. The zero-order valence-electron chi connectivity index (χ0n) is 5.09. The van der Waals surface area contributed by atoms with E-state index in [0.717, 1.165) is 6.29 Å². The molecule has 0 saturated heterocycles. The van der Waals surface area contributed by atoms with Gasteiger partial charge < -0.3 is 9.53 Å². The Morgan fingerprint density at radius 2 is 2.50 bits per heavy atom. The number of carbonyl (C=O) groups excluding carboxylic acids is 1. The van der Waals surface area contributed by atoms with Crippen molar-refractivity contribution in [1.82, 2.24) is 0 Å². The van der Waals surface area contributed by atoms with Gasteiger partial charge in [0.05, 0.1) is 5.94 Å². The van der Waals surface area contributed by atoms with Crippen molar-refractivity contribution in [3.63, 3.8) is 0 Å². The van der Waals surface area contributed by atoms with Crippen LogP contribution < -0.4 is 0 Å². The van der Waals surface area contributed by atoms with Crippen LogP contribution in [0.15, 0.2) is 0 Å². The summed E-state index contributed by atoms with van der Waals surface area (Å²) in [6, 6.07) is 0. The maximum atomic E-state index is 9.88. The number of hydrogen-bond donors (Lipinski definition) is 0. The van der Waals surface area contributed by atoms with E-state index in [0.29, 0.717) is 5.94 Å². The van der Waals surface area contributed by atoms with Gasteiger partial charge in [0, 0.05) is 0 Å². The van der Waals surface area contributed by atoms with E-state index in [1.807, 2.05) is 6.26 Å². The molecule has 1 atom stereocenters. The minimum atomic E-state index is -0.248. The highest BCUT2D eigenvalue weighted by atomic mass is 32.2. The lowest BCUT2D eigenvalue weighted by atomic mass is 10.5. The van der Waals surface area contributed by atoms with Crippen molar-refractivity contribution in [2.75, 3.05) is 12.2 Å². The van der Waals surface area contributed by atoms with Crippen molar-refractivity contribution in [2.24, 2.45) is 0 Å². The number of thioether (sulfide) groups is 1. The van der Waals surface area contributed by atoms with E-state index in [9.17, 15) is 4.79 Å². The van der Waals surface area contributed by atoms with Crippen LogP contribution in [0, 0.1) is 0 Å². The third-order valence-corrected chi connectivity index (χ3v) is 1.01. The predicted octanol–water partition coefficient (Wildman–Crippen LogP) is 0.911. The van der Waals surface area contributed by atoms with Crippen molar-refractivity contribution in [3.05, 3.63) is 0 Å². The maximum Gasteiger partial charge on any atom is 0.148 e. The summed E-state index contributed by atoms with van der Waals surface area (Å²) in [6.07, 6.45) is 2.47. The third-order valence-electron chi connectivity index (χ3n) is 0.640. The highest BCUT2D eigenvalue weighted by Crippen LogP contribution is 1.94. The van der Waals surface area contributed by atoms with Gasteiger partial charge in [0.25, 0.3) is 0 Å². The smallest absolute Gasteiger partial charge is 0.148 e. The van der Waals surface area contributed by atoms with Crippen molar-refractivity contribution in [1.29, 1.82) is 0 Å². The summed E-state index contributed by atoms with van der Waals surface area (Å²) in [6.45, 7) is 1.73. The summed E-state index contributed by atoms with van der Waals surface area (Å²) in [7, 11) is 0. The molecule has 0 heterocycles. The Labute approximate surface area is 53.6 Å². The van der Waals surface area contributed by atoms with Crippen LogP contribution in [0.5, 0.6) is 0 Å². The second-order valence-electron chi connectivity index (χ2n) is 1.41. The van der Waals surface area contributed by atoms with Crippen LogP contribution in [-0.2, 0) is 9.53 Å². The van der Waals surface area contributed by atoms with Crippen LogP contribution in [0.3, 0.4) is 0 Å². The Hall–Kier alpha value is -0.0200. The summed E-state index contributed by atoms with van der Waals surface area (Å²) in [5.41, 5.74) is 0. The molecule has 0 spiro atoms. The van der Waals surface area contributed by atoms with Crippen LogP contribution in [0.25, 0.3) is 0 Å². The summed E-state index contributed by atoms with van der Waals surface area (Å²) in [4.78, 5) is 9.88. The van der Waals surface area contributed by atoms with Crippen molar-refractivity contribution >= 4 is 18.0 Å². The van der Waals surface area contributed by atoms with Crippen LogP contribution in [0.4, 0.5) is 0 Å². The van der Waals surface area contributed by atoms with Gasteiger partial charge in [-0.2, -0.15) is 0 Å². The first kappa shape index (κ1) is 7.98. The molecule has 0 aliphatic heterocycles. The minimum Gasteiger partial charge on any atom is -0.360 e. The molecular weight excluding hydrogens is 124 g/mol. The summed E-state index contributed by atoms with van der Waals surface area (Å²) in [5.74, 6) is 0.597. The molecule has 0 fully saturated rings. The molecule has 0 aromatic heterocycles. The molecule has 3 heteroatoms. The van der Waals surface area contributed by atoms with Gasteiger partial charge in [-0.05, 0) is 13.2 Å². The maximum absolute atomic E-state index is 9.88. The van der Waals surface area contributed by atoms with Gasteiger partial charge in [-0.25, -0.2) is 0 Å². The molecule has 0 aliphatic rings. The standard InChI is InChI=1S/C5H10O2S/c1-5(3-6)7-4-8-2/h3,5H,4H2,1-2H3. The number of hydrogen-bond acceptors (Lipinski definition) is 3. The molecular formula is C5H10O2S. The molecule has 0 aliphatic carbocycles. The highest BCUT2D eigenvalue weighted by Gasteiger charge is 1.94. The van der Waals surface area contributed by atoms with Crippen molar-refractivity contribution in [3.8, 4) is 0 Å². The topological polar surface area (TPSA) is 26.3 Å². The highest BCUT2D eigenvalue weighted by molar-refractivity contribution is 7.98. The molecule has 0 N–H and O–H groups in total. The minimum absolute atomic E-state index is 0.248. The zero-order valence-corrected chi connectivity index (χ0v) is 5.90. The largest absolute Gasteiger partial charge is 0.360 e. The fourth-order valence-electron chi connectivity index (χ4n) is 0.215. The molecule has 8 heavy (non-hydrogen) atoms. The van der Waals surface area contributed by atoms with Gasteiger partial charge in [-0.1, -0.05) is 0 Å². The number of aldehydes is 1. The number of rotatable bonds is 4. The summed E-state index contributed by atoms with van der Waals surface area (Å²) >= 11 is 1.56. The molecule has 0 aromatic carbocycles. The Morgan fingerprint density at radius 3 is 2.88 bits per heavy atom. The molecule has 0 aromatic rings. The lowest BCUT2D eigenvalue weighted by Gasteiger charge is -2.01. The zero-order chi connectivity index (χ0) is 6.41. The molecule has 0 saturated carbocycles. The fourth-order valence-corrected chi connectivity index (χ4v) is 0.565. The Bertz CT molecular complexity index is 65.4. The van der Waals surface area contributed by atoms with Crippen LogP contribution >= 0.6 is 11.8 Å². The second-order valence-corrected chi connectivity index (χ2v) is 2.23. The Balaban J connectivity index is 2.98. The van der Waals surface area contributed by atoms with E-state index >= 15 is 0 Å². The third kappa shape index (κ3) is 4.15. The van der Waals surface area contributed by atoms with Crippen molar-refractivity contribution < 1.29 is 9.53 Å². The lowest BCUT2D eigenvalue weighted by molar-refractivity contribution is -0.115. The lowest BCUT2D eigenvalue weighted by Crippen LogP contribution is -2.07. The van der Waals surface area contributed by atoms with Crippen molar-refractivity contribution in [2.45, 2.75) is 13.0 Å². The van der Waals surface area contributed by atoms with Gasteiger partial charge in [-0.3, -0.25) is 0 Å². The molecule has 0 bridgehead atoms. The van der Waals surface area contributed by atoms with E-state index in [1.54, 1.807) is 18.7 Å². The van der Waals surface area contributed by atoms with Crippen LogP contribution in [-0.4, -0.2) is 24.6 Å². The summed E-state index contributed by atoms with van der Waals surface area (Å²) < 4.78 is 4.94. The van der Waals surface area contributed by atoms with Gasteiger partial charge in [0.15, 0.2) is 0 Å². The second kappa shape index (κ2) is 5.12. The molecule has 48 valence electrons. The normalized spacial score (nSPS) is 13.2. The Kier molecular flexibility index (Phi) is 5.11. The van der Waals surface area contributed by atoms with Gasteiger partial charge in [-0.15, -0.1) is 11.8 Å². The van der Waals surface area contributed by atoms with Crippen LogP contribution in [0.1, 0.15) is 6.92 Å². The first-order valence-electron chi connectivity index (χ1n) is 2.37. The fraction of sp³-hybridized carbons (Fsp3) is 0.800. The first-order valence-corrected chi connectivity index (χ1v) is 3.76. The SMILES string of the molecule is CSCOC(C)C=O. The average molecular weight is 134 g/mol. The average Bonchev–Trinajstić information content (AvgIpc) is 1.83. The molecule has 0 rings (SSSR count). The monoisotopic (exact) mass is 134 g/mol. The van der Waals surface area contributed by atoms with E-state index in [4.69, 9.17) is 4.74 Å². The Morgan fingerprint density at radius 1 is 1.88 bits per heavy atom. The predicted molar refractivity (Wildman–Crippen MR) is 35.0 cm³/mol. The number of carbonyl (C=O) groups is 1. The van der Waals surface area contributed by atoms with E-state index in [-0.39, 0.29) is 6.10 Å². The quantitative estimate of drug-likeness (QED) is 0.422. The van der Waals surface area contributed by atoms with Gasteiger partial charge >= 0.3 is 0 Å². The molecule has 1 unspecified atom stereocenters. The van der Waals surface area contributed by atoms with E-state index in [2.05, 4.69) is 0 Å². The molecule has 0 radical (unpaired) electrons. The van der Waals surface area contributed by atoms with Crippen LogP contribution in [0.2, 0.25) is 0 Å². The van der Waals surface area contributed by atoms with Gasteiger partial charge in [0.1, 0.15) is 12.4 Å².